The maximum Gasteiger partial charge on any atom is 0.106 e. The summed E-state index contributed by atoms with van der Waals surface area (Å²) in [5.41, 5.74) is 5.31. The van der Waals surface area contributed by atoms with E-state index in [1.54, 1.807) is 0 Å². The van der Waals surface area contributed by atoms with Crippen LogP contribution in [0.3, 0.4) is 0 Å². The standard InChI is InChI=1S/C7H14N2.CH2O/c1-3-4-6-9(2)7-5-8;1-2/h1H,4-8H2,2H3;1H2. The van der Waals surface area contributed by atoms with Gasteiger partial charge in [0.1, 0.15) is 6.79 Å². The summed E-state index contributed by atoms with van der Waals surface area (Å²) in [6, 6.07) is 0. The molecule has 0 spiro atoms. The van der Waals surface area contributed by atoms with Crippen LogP contribution < -0.4 is 5.73 Å². The van der Waals surface area contributed by atoms with E-state index in [0.717, 1.165) is 19.5 Å². The van der Waals surface area contributed by atoms with Crippen molar-refractivity contribution in [2.24, 2.45) is 5.73 Å². The summed E-state index contributed by atoms with van der Waals surface area (Å²) >= 11 is 0. The molecule has 0 rings (SSSR count). The fraction of sp³-hybridized carbons (Fsp3) is 0.625. The van der Waals surface area contributed by atoms with Gasteiger partial charge in [-0.15, -0.1) is 12.3 Å². The minimum atomic E-state index is 0.709. The number of terminal acetylenes is 1. The molecule has 0 atom stereocenters. The summed E-state index contributed by atoms with van der Waals surface area (Å²) in [6.45, 7) is 4.59. The van der Waals surface area contributed by atoms with E-state index in [9.17, 15) is 0 Å². The Kier molecular flexibility index (Phi) is 13.8. The molecule has 0 aliphatic heterocycles. The average molecular weight is 156 g/mol. The van der Waals surface area contributed by atoms with Crippen molar-refractivity contribution >= 4 is 6.79 Å². The number of carbonyl (C=O) groups is 1. The fourth-order valence-corrected chi connectivity index (χ4v) is 0.588. The summed E-state index contributed by atoms with van der Waals surface area (Å²) in [5.74, 6) is 2.57. The molecule has 0 saturated heterocycles. The molecular weight excluding hydrogens is 140 g/mol. The molecule has 0 aromatic carbocycles. The number of nitrogens with zero attached hydrogens (tertiary/aromatic N) is 1. The van der Waals surface area contributed by atoms with Gasteiger partial charge >= 0.3 is 0 Å². The lowest BCUT2D eigenvalue weighted by Crippen LogP contribution is -2.26. The Balaban J connectivity index is 0. The quantitative estimate of drug-likeness (QED) is 0.569. The molecular formula is C8H16N2O. The lowest BCUT2D eigenvalue weighted by Gasteiger charge is -2.12. The second-order valence-electron chi connectivity index (χ2n) is 2.05. The van der Waals surface area contributed by atoms with E-state index in [1.165, 1.54) is 0 Å². The highest BCUT2D eigenvalue weighted by Crippen LogP contribution is 1.82. The van der Waals surface area contributed by atoms with Crippen LogP contribution in [0.1, 0.15) is 6.42 Å². The third-order valence-electron chi connectivity index (χ3n) is 1.15. The molecule has 2 N–H and O–H groups in total. The first kappa shape index (κ1) is 12.8. The summed E-state index contributed by atoms with van der Waals surface area (Å²) in [5, 5.41) is 0. The van der Waals surface area contributed by atoms with Crippen LogP contribution in [0, 0.1) is 12.3 Å². The number of likely N-dealkylation sites (N-methyl/N-ethyl adjacent to an activating group) is 1. The summed E-state index contributed by atoms with van der Waals surface area (Å²) < 4.78 is 0. The Hall–Kier alpha value is -0.850. The molecule has 0 aromatic rings. The molecule has 3 heteroatoms. The molecule has 11 heavy (non-hydrogen) atoms. The SMILES string of the molecule is C#CCCN(C)CCN.C=O. The first-order chi connectivity index (χ1) is 5.31. The lowest BCUT2D eigenvalue weighted by molar-refractivity contribution is -0.0979. The van der Waals surface area contributed by atoms with E-state index in [-0.39, 0.29) is 0 Å². The van der Waals surface area contributed by atoms with Crippen LogP contribution in [0.25, 0.3) is 0 Å². The maximum absolute atomic E-state index is 8.00. The molecule has 0 aliphatic carbocycles. The van der Waals surface area contributed by atoms with Gasteiger partial charge in [-0.3, -0.25) is 0 Å². The third-order valence-corrected chi connectivity index (χ3v) is 1.15. The maximum atomic E-state index is 8.00. The topological polar surface area (TPSA) is 46.3 Å². The van der Waals surface area contributed by atoms with Gasteiger partial charge in [0.25, 0.3) is 0 Å². The van der Waals surface area contributed by atoms with Crippen molar-refractivity contribution in [3.8, 4) is 12.3 Å². The average Bonchev–Trinajstić information content (AvgIpc) is 2.05. The van der Waals surface area contributed by atoms with E-state index in [1.807, 2.05) is 13.8 Å². The van der Waals surface area contributed by atoms with Crippen LogP contribution in [-0.4, -0.2) is 38.4 Å². The Bertz CT molecular complexity index is 109. The first-order valence-electron chi connectivity index (χ1n) is 3.42. The molecule has 0 unspecified atom stereocenters. The largest absolute Gasteiger partial charge is 0.329 e. The molecule has 64 valence electrons. The second kappa shape index (κ2) is 11.9. The van der Waals surface area contributed by atoms with Gasteiger partial charge in [-0.2, -0.15) is 0 Å². The van der Waals surface area contributed by atoms with Gasteiger partial charge < -0.3 is 15.4 Å². The van der Waals surface area contributed by atoms with Crippen LogP contribution in [0.5, 0.6) is 0 Å². The number of nitrogens with two attached hydrogens (primary N) is 1. The van der Waals surface area contributed by atoms with Crippen molar-refractivity contribution in [1.82, 2.24) is 4.90 Å². The second-order valence-corrected chi connectivity index (χ2v) is 2.05. The van der Waals surface area contributed by atoms with Crippen molar-refractivity contribution < 1.29 is 4.79 Å². The molecule has 3 nitrogen and oxygen atoms in total. The Morgan fingerprint density at radius 1 is 1.55 bits per heavy atom. The Morgan fingerprint density at radius 2 is 2.09 bits per heavy atom. The number of hydrogen-bond acceptors (Lipinski definition) is 3. The first-order valence-corrected chi connectivity index (χ1v) is 3.42. The highest BCUT2D eigenvalue weighted by molar-refractivity contribution is 5.10. The van der Waals surface area contributed by atoms with E-state index in [2.05, 4.69) is 10.8 Å². The van der Waals surface area contributed by atoms with Gasteiger partial charge in [-0.1, -0.05) is 0 Å². The summed E-state index contributed by atoms with van der Waals surface area (Å²) in [6.07, 6.45) is 5.88. The van der Waals surface area contributed by atoms with Crippen molar-refractivity contribution in [3.05, 3.63) is 0 Å². The van der Waals surface area contributed by atoms with Crippen LogP contribution >= 0.6 is 0 Å². The zero-order valence-electron chi connectivity index (χ0n) is 7.05. The smallest absolute Gasteiger partial charge is 0.106 e. The fourth-order valence-electron chi connectivity index (χ4n) is 0.588. The number of rotatable bonds is 4. The van der Waals surface area contributed by atoms with Crippen LogP contribution in [0.2, 0.25) is 0 Å². The van der Waals surface area contributed by atoms with Gasteiger partial charge in [0.05, 0.1) is 0 Å². The van der Waals surface area contributed by atoms with E-state index >= 15 is 0 Å². The molecule has 0 heterocycles. The van der Waals surface area contributed by atoms with Gasteiger partial charge in [0.2, 0.25) is 0 Å². The molecule has 0 bridgehead atoms. The summed E-state index contributed by atoms with van der Waals surface area (Å²) in [4.78, 5) is 10.1. The Labute approximate surface area is 68.6 Å². The summed E-state index contributed by atoms with van der Waals surface area (Å²) in [7, 11) is 2.02. The molecule has 0 fully saturated rings. The molecule has 0 saturated carbocycles. The minimum absolute atomic E-state index is 0.709. The van der Waals surface area contributed by atoms with E-state index < -0.39 is 0 Å². The zero-order chi connectivity index (χ0) is 9.11. The normalized spacial score (nSPS) is 8.18. The number of hydrogen-bond donors (Lipinski definition) is 1. The van der Waals surface area contributed by atoms with Gasteiger partial charge in [0, 0.05) is 26.1 Å². The van der Waals surface area contributed by atoms with Crippen LogP contribution in [0.15, 0.2) is 0 Å². The highest BCUT2D eigenvalue weighted by Gasteiger charge is 1.91. The van der Waals surface area contributed by atoms with Gasteiger partial charge in [-0.05, 0) is 7.05 Å². The molecule has 0 aromatic heterocycles. The van der Waals surface area contributed by atoms with Crippen molar-refractivity contribution in [1.29, 1.82) is 0 Å². The van der Waals surface area contributed by atoms with Crippen LogP contribution in [-0.2, 0) is 4.79 Å². The van der Waals surface area contributed by atoms with Crippen LogP contribution in [0.4, 0.5) is 0 Å². The number of carbonyl (C=O) groups excluding carboxylic acids is 1. The Morgan fingerprint density at radius 3 is 2.45 bits per heavy atom. The van der Waals surface area contributed by atoms with Gasteiger partial charge in [0.15, 0.2) is 0 Å². The minimum Gasteiger partial charge on any atom is -0.329 e. The van der Waals surface area contributed by atoms with Crippen molar-refractivity contribution in [2.75, 3.05) is 26.7 Å². The molecule has 0 amide bonds. The zero-order valence-corrected chi connectivity index (χ0v) is 7.05. The molecule has 0 aliphatic rings. The van der Waals surface area contributed by atoms with Gasteiger partial charge in [-0.25, -0.2) is 0 Å². The monoisotopic (exact) mass is 156 g/mol. The van der Waals surface area contributed by atoms with Crippen molar-refractivity contribution in [3.63, 3.8) is 0 Å². The molecule has 0 radical (unpaired) electrons. The third kappa shape index (κ3) is 12.4. The lowest BCUT2D eigenvalue weighted by atomic mass is 10.4. The highest BCUT2D eigenvalue weighted by atomic mass is 16.1. The van der Waals surface area contributed by atoms with E-state index in [4.69, 9.17) is 17.0 Å². The predicted molar refractivity (Wildman–Crippen MR) is 47.1 cm³/mol. The van der Waals surface area contributed by atoms with Crippen molar-refractivity contribution in [2.45, 2.75) is 6.42 Å². The predicted octanol–water partition coefficient (Wildman–Crippen LogP) is -0.285. The van der Waals surface area contributed by atoms with E-state index in [0.29, 0.717) is 6.54 Å².